The largest absolute Gasteiger partial charge is 0.493 e. The molecular weight excluding hydrogens is 458 g/mol. The highest BCUT2D eigenvalue weighted by atomic mass is 79.9. The summed E-state index contributed by atoms with van der Waals surface area (Å²) in [4.78, 5) is 0. The van der Waals surface area contributed by atoms with Crippen molar-refractivity contribution < 1.29 is 18.9 Å². The second kappa shape index (κ2) is 8.84. The molecule has 1 aliphatic heterocycles. The Labute approximate surface area is 182 Å². The zero-order chi connectivity index (χ0) is 20.2. The zero-order valence-corrected chi connectivity index (χ0v) is 18.0. The molecule has 1 N–H and O–H groups in total. The highest BCUT2D eigenvalue weighted by Gasteiger charge is 2.14. The first-order valence-electron chi connectivity index (χ1n) is 8.99. The highest BCUT2D eigenvalue weighted by Crippen LogP contribution is 2.36. The van der Waals surface area contributed by atoms with Crippen molar-refractivity contribution in [1.29, 1.82) is 0 Å². The number of rotatable bonds is 7. The maximum Gasteiger partial charge on any atom is 0.231 e. The fraction of sp³-hybridized carbons (Fsp3) is 0.182. The van der Waals surface area contributed by atoms with Crippen LogP contribution in [-0.2, 0) is 13.2 Å². The summed E-state index contributed by atoms with van der Waals surface area (Å²) in [6.07, 6.45) is 0. The number of benzene rings is 3. The number of anilines is 1. The third kappa shape index (κ3) is 4.71. The Morgan fingerprint density at radius 1 is 1.00 bits per heavy atom. The van der Waals surface area contributed by atoms with Gasteiger partial charge in [-0.1, -0.05) is 39.7 Å². The van der Waals surface area contributed by atoms with E-state index >= 15 is 0 Å². The van der Waals surface area contributed by atoms with Crippen LogP contribution >= 0.6 is 27.5 Å². The van der Waals surface area contributed by atoms with Crippen LogP contribution in [0.15, 0.2) is 59.1 Å². The van der Waals surface area contributed by atoms with Crippen LogP contribution in [0, 0.1) is 0 Å². The number of fused-ring (bicyclic) bond motifs is 1. The lowest BCUT2D eigenvalue weighted by Crippen LogP contribution is -2.03. The van der Waals surface area contributed by atoms with Gasteiger partial charge in [-0.15, -0.1) is 0 Å². The SMILES string of the molecule is COc1cc(CNc2ccc3c(c2)OCO3)c(Br)cc1OCc1ccc(Cl)cc1. The van der Waals surface area contributed by atoms with Crippen molar-refractivity contribution in [3.8, 4) is 23.0 Å². The third-order valence-electron chi connectivity index (χ3n) is 4.50. The molecule has 0 amide bonds. The number of methoxy groups -OCH3 is 1. The minimum atomic E-state index is 0.263. The molecule has 1 heterocycles. The fourth-order valence-electron chi connectivity index (χ4n) is 2.93. The van der Waals surface area contributed by atoms with Gasteiger partial charge in [0.2, 0.25) is 6.79 Å². The van der Waals surface area contributed by atoms with E-state index in [0.717, 1.165) is 32.8 Å². The maximum atomic E-state index is 5.95. The molecule has 0 saturated heterocycles. The molecule has 0 aliphatic carbocycles. The monoisotopic (exact) mass is 475 g/mol. The van der Waals surface area contributed by atoms with Crippen LogP contribution in [0.3, 0.4) is 0 Å². The highest BCUT2D eigenvalue weighted by molar-refractivity contribution is 9.10. The average Bonchev–Trinajstić information content (AvgIpc) is 3.20. The second-order valence-electron chi connectivity index (χ2n) is 6.43. The van der Waals surface area contributed by atoms with Gasteiger partial charge in [0.05, 0.1) is 7.11 Å². The van der Waals surface area contributed by atoms with Gasteiger partial charge in [-0.3, -0.25) is 0 Å². The lowest BCUT2D eigenvalue weighted by molar-refractivity contribution is 0.174. The van der Waals surface area contributed by atoms with Gasteiger partial charge in [0.15, 0.2) is 23.0 Å². The summed E-state index contributed by atoms with van der Waals surface area (Å²) in [7, 11) is 1.63. The van der Waals surface area contributed by atoms with Gasteiger partial charge in [-0.2, -0.15) is 0 Å². The molecule has 3 aromatic carbocycles. The van der Waals surface area contributed by atoms with Gasteiger partial charge in [0, 0.05) is 27.8 Å². The van der Waals surface area contributed by atoms with Gasteiger partial charge in [0.25, 0.3) is 0 Å². The predicted octanol–water partition coefficient (Wildman–Crippen LogP) is 6.03. The van der Waals surface area contributed by atoms with E-state index < -0.39 is 0 Å². The van der Waals surface area contributed by atoms with Gasteiger partial charge >= 0.3 is 0 Å². The Morgan fingerprint density at radius 3 is 2.59 bits per heavy atom. The van der Waals surface area contributed by atoms with Crippen LogP contribution in [0.4, 0.5) is 5.69 Å². The Kier molecular flexibility index (Phi) is 6.02. The van der Waals surface area contributed by atoms with Crippen molar-refractivity contribution in [1.82, 2.24) is 0 Å². The molecule has 5 nitrogen and oxygen atoms in total. The van der Waals surface area contributed by atoms with Crippen LogP contribution < -0.4 is 24.3 Å². The summed E-state index contributed by atoms with van der Waals surface area (Å²) < 4.78 is 23.2. The van der Waals surface area contributed by atoms with E-state index in [-0.39, 0.29) is 6.79 Å². The molecule has 4 rings (SSSR count). The van der Waals surface area contributed by atoms with Crippen LogP contribution in [0.5, 0.6) is 23.0 Å². The number of halogens is 2. The van der Waals surface area contributed by atoms with Gasteiger partial charge < -0.3 is 24.3 Å². The standard InChI is InChI=1S/C22H19BrClNO4/c1-26-20-8-15(11-25-17-6-7-19-21(9-17)29-13-28-19)18(23)10-22(20)27-12-14-2-4-16(24)5-3-14/h2-10,25H,11-13H2,1H3. The molecule has 7 heteroatoms. The molecule has 0 unspecified atom stereocenters. The molecule has 150 valence electrons. The first-order valence-corrected chi connectivity index (χ1v) is 10.2. The Morgan fingerprint density at radius 2 is 1.79 bits per heavy atom. The van der Waals surface area contributed by atoms with E-state index in [4.69, 9.17) is 30.5 Å². The topological polar surface area (TPSA) is 49.0 Å². The van der Waals surface area contributed by atoms with Gasteiger partial charge in [0.1, 0.15) is 6.61 Å². The van der Waals surface area contributed by atoms with E-state index in [0.29, 0.717) is 29.7 Å². The molecule has 1 aliphatic rings. The van der Waals surface area contributed by atoms with Crippen LogP contribution in [0.25, 0.3) is 0 Å². The zero-order valence-electron chi connectivity index (χ0n) is 15.7. The minimum Gasteiger partial charge on any atom is -0.493 e. The van der Waals surface area contributed by atoms with Crippen LogP contribution in [0.1, 0.15) is 11.1 Å². The molecule has 0 bridgehead atoms. The number of nitrogens with one attached hydrogen (secondary N) is 1. The Hall–Kier alpha value is -2.57. The quantitative estimate of drug-likeness (QED) is 0.451. The second-order valence-corrected chi connectivity index (χ2v) is 7.72. The number of hydrogen-bond donors (Lipinski definition) is 1. The third-order valence-corrected chi connectivity index (χ3v) is 5.49. The Bertz CT molecular complexity index is 1010. The van der Waals surface area contributed by atoms with Crippen molar-refractivity contribution in [2.45, 2.75) is 13.2 Å². The molecular formula is C22H19BrClNO4. The van der Waals surface area contributed by atoms with Gasteiger partial charge in [-0.25, -0.2) is 0 Å². The average molecular weight is 477 g/mol. The van der Waals surface area contributed by atoms with Crippen molar-refractivity contribution in [3.63, 3.8) is 0 Å². The normalized spacial score (nSPS) is 12.0. The van der Waals surface area contributed by atoms with E-state index in [1.807, 2.05) is 54.6 Å². The molecule has 0 aromatic heterocycles. The maximum absolute atomic E-state index is 5.95. The van der Waals surface area contributed by atoms with E-state index in [1.165, 1.54) is 0 Å². The van der Waals surface area contributed by atoms with Crippen molar-refractivity contribution >= 4 is 33.2 Å². The van der Waals surface area contributed by atoms with E-state index in [1.54, 1.807) is 7.11 Å². The summed E-state index contributed by atoms with van der Waals surface area (Å²) in [6, 6.07) is 17.2. The summed E-state index contributed by atoms with van der Waals surface area (Å²) in [5, 5.41) is 4.09. The van der Waals surface area contributed by atoms with Crippen molar-refractivity contribution in [2.24, 2.45) is 0 Å². The molecule has 3 aromatic rings. The summed E-state index contributed by atoms with van der Waals surface area (Å²) in [5.41, 5.74) is 3.02. The van der Waals surface area contributed by atoms with Crippen molar-refractivity contribution in [3.05, 3.63) is 75.2 Å². The lowest BCUT2D eigenvalue weighted by Gasteiger charge is -2.15. The minimum absolute atomic E-state index is 0.263. The smallest absolute Gasteiger partial charge is 0.231 e. The van der Waals surface area contributed by atoms with E-state index in [9.17, 15) is 0 Å². The first kappa shape index (κ1) is 19.7. The van der Waals surface area contributed by atoms with E-state index in [2.05, 4.69) is 21.2 Å². The van der Waals surface area contributed by atoms with Crippen LogP contribution in [-0.4, -0.2) is 13.9 Å². The molecule has 0 saturated carbocycles. The first-order chi connectivity index (χ1) is 14.1. The number of ether oxygens (including phenoxy) is 4. The van der Waals surface area contributed by atoms with Gasteiger partial charge in [-0.05, 0) is 47.5 Å². The lowest BCUT2D eigenvalue weighted by atomic mass is 10.2. The van der Waals surface area contributed by atoms with Crippen LogP contribution in [0.2, 0.25) is 5.02 Å². The molecule has 0 spiro atoms. The summed E-state index contributed by atoms with van der Waals surface area (Å²) >= 11 is 9.56. The summed E-state index contributed by atoms with van der Waals surface area (Å²) in [5.74, 6) is 2.85. The molecule has 29 heavy (non-hydrogen) atoms. The fourth-order valence-corrected chi connectivity index (χ4v) is 3.52. The molecule has 0 fully saturated rings. The predicted molar refractivity (Wildman–Crippen MR) is 116 cm³/mol. The number of hydrogen-bond acceptors (Lipinski definition) is 5. The van der Waals surface area contributed by atoms with Crippen molar-refractivity contribution in [2.75, 3.05) is 19.2 Å². The molecule has 0 atom stereocenters. The molecule has 0 radical (unpaired) electrons. The Balaban J connectivity index is 1.44. The summed E-state index contributed by atoms with van der Waals surface area (Å²) in [6.45, 7) is 1.29.